The molecule has 2 fully saturated rings. The standard InChI is InChI=1S/C13H16BrClN2O2/c1-18-13(4-6-19-7-5-13)12-16-10(8-2-3-8)9(14)11(15)17-12/h8H,2-7H2,1H3. The highest BCUT2D eigenvalue weighted by molar-refractivity contribution is 9.10. The summed E-state index contributed by atoms with van der Waals surface area (Å²) in [5, 5.41) is 0.481. The number of hydrogen-bond donors (Lipinski definition) is 0. The van der Waals surface area contributed by atoms with Crippen LogP contribution in [0.4, 0.5) is 0 Å². The fraction of sp³-hybridized carbons (Fsp3) is 0.692. The van der Waals surface area contributed by atoms with E-state index < -0.39 is 5.60 Å². The lowest BCUT2D eigenvalue weighted by atomic mass is 9.93. The van der Waals surface area contributed by atoms with Gasteiger partial charge in [0.15, 0.2) is 5.82 Å². The third kappa shape index (κ3) is 2.53. The molecule has 1 aromatic rings. The van der Waals surface area contributed by atoms with Gasteiger partial charge in [0.25, 0.3) is 0 Å². The van der Waals surface area contributed by atoms with Crippen molar-refractivity contribution in [3.8, 4) is 0 Å². The Morgan fingerprint density at radius 1 is 1.32 bits per heavy atom. The zero-order valence-electron chi connectivity index (χ0n) is 10.8. The van der Waals surface area contributed by atoms with Crippen LogP contribution in [0, 0.1) is 0 Å². The molecule has 2 aliphatic rings. The molecule has 104 valence electrons. The number of nitrogens with zero attached hydrogens (tertiary/aromatic N) is 2. The maximum atomic E-state index is 6.24. The number of hydrogen-bond acceptors (Lipinski definition) is 4. The Hall–Kier alpha value is -0.230. The number of halogens is 2. The van der Waals surface area contributed by atoms with Crippen LogP contribution in [0.5, 0.6) is 0 Å². The van der Waals surface area contributed by atoms with Crippen molar-refractivity contribution in [3.05, 3.63) is 21.1 Å². The maximum absolute atomic E-state index is 6.24. The zero-order chi connectivity index (χ0) is 13.5. The van der Waals surface area contributed by atoms with Crippen LogP contribution in [0.25, 0.3) is 0 Å². The van der Waals surface area contributed by atoms with Crippen molar-refractivity contribution >= 4 is 27.5 Å². The van der Waals surface area contributed by atoms with Gasteiger partial charge in [-0.1, -0.05) is 11.6 Å². The third-order valence-corrected chi connectivity index (χ3v) is 5.18. The molecular weight excluding hydrogens is 332 g/mol. The first kappa shape index (κ1) is 13.7. The van der Waals surface area contributed by atoms with Crippen molar-refractivity contribution in [1.29, 1.82) is 0 Å². The molecule has 0 spiro atoms. The van der Waals surface area contributed by atoms with E-state index in [4.69, 9.17) is 26.1 Å². The lowest BCUT2D eigenvalue weighted by molar-refractivity contribution is -0.100. The summed E-state index contributed by atoms with van der Waals surface area (Å²) in [7, 11) is 1.71. The van der Waals surface area contributed by atoms with Crippen LogP contribution in [-0.2, 0) is 15.1 Å². The molecule has 0 amide bonds. The highest BCUT2D eigenvalue weighted by Gasteiger charge is 2.39. The fourth-order valence-corrected chi connectivity index (χ4v) is 3.17. The van der Waals surface area contributed by atoms with Gasteiger partial charge in [-0.15, -0.1) is 0 Å². The summed E-state index contributed by atoms with van der Waals surface area (Å²) < 4.78 is 12.0. The number of aromatic nitrogens is 2. The number of methoxy groups -OCH3 is 1. The fourth-order valence-electron chi connectivity index (χ4n) is 2.49. The Morgan fingerprint density at radius 3 is 2.58 bits per heavy atom. The minimum absolute atomic E-state index is 0.452. The van der Waals surface area contributed by atoms with Gasteiger partial charge in [0.05, 0.1) is 10.2 Å². The summed E-state index contributed by atoms with van der Waals surface area (Å²) in [4.78, 5) is 9.18. The van der Waals surface area contributed by atoms with Gasteiger partial charge in [0, 0.05) is 39.1 Å². The van der Waals surface area contributed by atoms with Gasteiger partial charge >= 0.3 is 0 Å². The van der Waals surface area contributed by atoms with E-state index in [2.05, 4.69) is 20.9 Å². The first-order chi connectivity index (χ1) is 9.16. The second-order valence-corrected chi connectivity index (χ2v) is 6.27. The van der Waals surface area contributed by atoms with Gasteiger partial charge in [-0.2, -0.15) is 0 Å². The molecule has 0 unspecified atom stereocenters. The SMILES string of the molecule is COC1(c2nc(Cl)c(Br)c(C3CC3)n2)CCOCC1. The average Bonchev–Trinajstić information content (AvgIpc) is 3.27. The molecule has 0 bridgehead atoms. The lowest BCUT2D eigenvalue weighted by Gasteiger charge is -2.34. The maximum Gasteiger partial charge on any atom is 0.162 e. The number of rotatable bonds is 3. The number of ether oxygens (including phenoxy) is 2. The molecule has 0 aromatic carbocycles. The van der Waals surface area contributed by atoms with Gasteiger partial charge < -0.3 is 9.47 Å². The topological polar surface area (TPSA) is 44.2 Å². The summed E-state index contributed by atoms with van der Waals surface area (Å²) in [6.07, 6.45) is 3.89. The van der Waals surface area contributed by atoms with E-state index in [1.807, 2.05) is 0 Å². The molecule has 1 aromatic heterocycles. The van der Waals surface area contributed by atoms with E-state index in [0.29, 0.717) is 30.1 Å². The minimum Gasteiger partial charge on any atom is -0.381 e. The Labute approximate surface area is 126 Å². The lowest BCUT2D eigenvalue weighted by Crippen LogP contribution is -2.37. The Bertz CT molecular complexity index is 488. The first-order valence-corrected chi connectivity index (χ1v) is 7.70. The van der Waals surface area contributed by atoms with Crippen molar-refractivity contribution in [2.75, 3.05) is 20.3 Å². The van der Waals surface area contributed by atoms with Crippen LogP contribution in [-0.4, -0.2) is 30.3 Å². The van der Waals surface area contributed by atoms with Gasteiger partial charge in [0.1, 0.15) is 10.8 Å². The minimum atomic E-state index is -0.452. The largest absolute Gasteiger partial charge is 0.381 e. The summed E-state index contributed by atoms with van der Waals surface area (Å²) in [6.45, 7) is 1.34. The van der Waals surface area contributed by atoms with Gasteiger partial charge in [-0.25, -0.2) is 9.97 Å². The Kier molecular flexibility index (Phi) is 3.82. The highest BCUT2D eigenvalue weighted by atomic mass is 79.9. The summed E-state index contributed by atoms with van der Waals surface area (Å²) in [5.41, 5.74) is 0.574. The molecule has 1 aliphatic heterocycles. The van der Waals surface area contributed by atoms with Crippen LogP contribution in [0.2, 0.25) is 5.15 Å². The summed E-state index contributed by atoms with van der Waals surface area (Å²) in [6, 6.07) is 0. The molecule has 6 heteroatoms. The van der Waals surface area contributed by atoms with E-state index in [-0.39, 0.29) is 0 Å². The van der Waals surface area contributed by atoms with Gasteiger partial charge in [-0.05, 0) is 28.8 Å². The second-order valence-electron chi connectivity index (χ2n) is 5.12. The monoisotopic (exact) mass is 346 g/mol. The van der Waals surface area contributed by atoms with Gasteiger partial charge in [0.2, 0.25) is 0 Å². The van der Waals surface area contributed by atoms with Crippen LogP contribution in [0.3, 0.4) is 0 Å². The van der Waals surface area contributed by atoms with E-state index in [0.717, 1.165) is 23.0 Å². The summed E-state index contributed by atoms with van der Waals surface area (Å²) >= 11 is 9.74. The average molecular weight is 348 g/mol. The van der Waals surface area contributed by atoms with Crippen molar-refractivity contribution in [3.63, 3.8) is 0 Å². The molecule has 0 atom stereocenters. The molecule has 0 radical (unpaired) electrons. The van der Waals surface area contributed by atoms with Crippen molar-refractivity contribution in [1.82, 2.24) is 9.97 Å². The molecule has 1 aliphatic carbocycles. The normalized spacial score (nSPS) is 22.5. The van der Waals surface area contributed by atoms with E-state index >= 15 is 0 Å². The predicted molar refractivity (Wildman–Crippen MR) is 75.5 cm³/mol. The van der Waals surface area contributed by atoms with E-state index in [1.54, 1.807) is 7.11 Å². The molecule has 4 nitrogen and oxygen atoms in total. The second kappa shape index (κ2) is 5.28. The Morgan fingerprint density at radius 2 is 2.00 bits per heavy atom. The van der Waals surface area contributed by atoms with Crippen LogP contribution in [0.1, 0.15) is 43.1 Å². The van der Waals surface area contributed by atoms with Gasteiger partial charge in [-0.3, -0.25) is 0 Å². The van der Waals surface area contributed by atoms with Crippen LogP contribution >= 0.6 is 27.5 Å². The smallest absolute Gasteiger partial charge is 0.162 e. The molecule has 19 heavy (non-hydrogen) atoms. The van der Waals surface area contributed by atoms with E-state index in [9.17, 15) is 0 Å². The molecule has 0 N–H and O–H groups in total. The third-order valence-electron chi connectivity index (χ3n) is 3.90. The van der Waals surface area contributed by atoms with Crippen LogP contribution in [0.15, 0.2) is 4.47 Å². The molecule has 3 rings (SSSR count). The Balaban J connectivity index is 2.03. The summed E-state index contributed by atoms with van der Waals surface area (Å²) in [5.74, 6) is 1.22. The van der Waals surface area contributed by atoms with E-state index in [1.165, 1.54) is 12.8 Å². The molecule has 1 saturated heterocycles. The predicted octanol–water partition coefficient (Wildman–Crippen LogP) is 3.42. The molecule has 1 saturated carbocycles. The quantitative estimate of drug-likeness (QED) is 0.786. The van der Waals surface area contributed by atoms with Crippen LogP contribution < -0.4 is 0 Å². The highest BCUT2D eigenvalue weighted by Crippen LogP contribution is 2.45. The first-order valence-electron chi connectivity index (χ1n) is 6.52. The molecule has 2 heterocycles. The van der Waals surface area contributed by atoms with Crippen molar-refractivity contribution < 1.29 is 9.47 Å². The zero-order valence-corrected chi connectivity index (χ0v) is 13.1. The molecular formula is C13H16BrClN2O2. The van der Waals surface area contributed by atoms with Crippen molar-refractivity contribution in [2.45, 2.75) is 37.2 Å². The van der Waals surface area contributed by atoms with Crippen molar-refractivity contribution in [2.24, 2.45) is 0 Å².